The van der Waals surface area contributed by atoms with Gasteiger partial charge in [0.05, 0.1) is 4.90 Å². The Kier molecular flexibility index (Phi) is 4.39. The Morgan fingerprint density at radius 3 is 2.55 bits per heavy atom. The summed E-state index contributed by atoms with van der Waals surface area (Å²) >= 11 is 0. The molecule has 1 fully saturated rings. The topological polar surface area (TPSA) is 54.5 Å². The summed E-state index contributed by atoms with van der Waals surface area (Å²) < 4.78 is 22.7. The molecule has 0 spiro atoms. The molecule has 110 valence electrons. The smallest absolute Gasteiger partial charge is 0.261 e. The van der Waals surface area contributed by atoms with Gasteiger partial charge in [-0.25, -0.2) is 8.42 Å². The lowest BCUT2D eigenvalue weighted by molar-refractivity contribution is 0.0744. The van der Waals surface area contributed by atoms with Crippen LogP contribution in [0.3, 0.4) is 0 Å². The van der Waals surface area contributed by atoms with Crippen molar-refractivity contribution in [3.05, 3.63) is 29.3 Å². The number of hydrogen-bond acceptors (Lipinski definition) is 3. The number of rotatable bonds is 4. The zero-order chi connectivity index (χ0) is 14.9. The molecule has 1 aliphatic rings. The van der Waals surface area contributed by atoms with Crippen molar-refractivity contribution < 1.29 is 13.2 Å². The maximum atomic E-state index is 12.4. The van der Waals surface area contributed by atoms with E-state index in [0.29, 0.717) is 11.5 Å². The van der Waals surface area contributed by atoms with Gasteiger partial charge in [-0.15, -0.1) is 0 Å². The Balaban J connectivity index is 2.23. The first-order valence-electron chi connectivity index (χ1n) is 6.60. The fraction of sp³-hybridized carbons (Fsp3) is 0.500. The lowest BCUT2D eigenvalue weighted by atomic mass is 9.85. The first-order chi connectivity index (χ1) is 9.29. The normalized spacial score (nSPS) is 15.8. The van der Waals surface area contributed by atoms with Crippen LogP contribution in [-0.2, 0) is 9.05 Å². The van der Waals surface area contributed by atoms with Crippen LogP contribution in [0.5, 0.6) is 0 Å². The zero-order valence-electron chi connectivity index (χ0n) is 11.6. The molecule has 2 rings (SSSR count). The summed E-state index contributed by atoms with van der Waals surface area (Å²) in [5.74, 6) is 0.417. The molecule has 0 heterocycles. The summed E-state index contributed by atoms with van der Waals surface area (Å²) in [7, 11) is 3.27. The van der Waals surface area contributed by atoms with Crippen molar-refractivity contribution in [1.29, 1.82) is 0 Å². The highest BCUT2D eigenvalue weighted by atomic mass is 35.7. The Morgan fingerprint density at radius 2 is 2.05 bits per heavy atom. The molecule has 1 amide bonds. The van der Waals surface area contributed by atoms with Crippen molar-refractivity contribution in [3.8, 4) is 0 Å². The fourth-order valence-corrected chi connectivity index (χ4v) is 3.11. The van der Waals surface area contributed by atoms with E-state index in [1.165, 1.54) is 18.6 Å². The summed E-state index contributed by atoms with van der Waals surface area (Å²) in [5, 5.41) is 0. The minimum Gasteiger partial charge on any atom is -0.341 e. The molecule has 6 heteroatoms. The van der Waals surface area contributed by atoms with Gasteiger partial charge < -0.3 is 4.90 Å². The summed E-state index contributed by atoms with van der Waals surface area (Å²) in [4.78, 5) is 14.0. The number of carbonyl (C=O) groups excluding carboxylic acids is 1. The Bertz CT molecular complexity index is 623. The molecule has 0 radical (unpaired) electrons. The molecule has 1 saturated carbocycles. The minimum atomic E-state index is -3.82. The van der Waals surface area contributed by atoms with Gasteiger partial charge in [-0.1, -0.05) is 12.5 Å². The van der Waals surface area contributed by atoms with E-state index in [1.54, 1.807) is 24.9 Å². The van der Waals surface area contributed by atoms with E-state index in [1.807, 2.05) is 0 Å². The Morgan fingerprint density at radius 1 is 1.40 bits per heavy atom. The minimum absolute atomic E-state index is 0.0369. The number of amides is 1. The monoisotopic (exact) mass is 315 g/mol. The van der Waals surface area contributed by atoms with Crippen LogP contribution in [0.2, 0.25) is 0 Å². The molecular formula is C14H18ClNO3S. The highest BCUT2D eigenvalue weighted by Crippen LogP contribution is 2.27. The largest absolute Gasteiger partial charge is 0.341 e. The molecule has 1 aromatic carbocycles. The van der Waals surface area contributed by atoms with E-state index in [0.717, 1.165) is 24.9 Å². The summed E-state index contributed by atoms with van der Waals surface area (Å²) in [6, 6.07) is 4.39. The maximum Gasteiger partial charge on any atom is 0.261 e. The quantitative estimate of drug-likeness (QED) is 0.803. The molecule has 1 aromatic rings. The van der Waals surface area contributed by atoms with E-state index >= 15 is 0 Å². The van der Waals surface area contributed by atoms with E-state index in [2.05, 4.69) is 0 Å². The highest BCUT2D eigenvalue weighted by Gasteiger charge is 2.23. The molecule has 4 nitrogen and oxygen atoms in total. The first kappa shape index (κ1) is 15.3. The van der Waals surface area contributed by atoms with Crippen LogP contribution >= 0.6 is 10.7 Å². The SMILES string of the molecule is Cc1ccc(S(=O)(=O)Cl)cc1C(=O)N(C)CC1CCC1. The standard InChI is InChI=1S/C14H18ClNO3S/c1-10-6-7-12(20(15,18)19)8-13(10)14(17)16(2)9-11-4-3-5-11/h6-8,11H,3-5,9H2,1-2H3. The van der Waals surface area contributed by atoms with Crippen molar-refractivity contribution in [2.24, 2.45) is 5.92 Å². The molecule has 0 saturated heterocycles. The van der Waals surface area contributed by atoms with Gasteiger partial charge in [-0.3, -0.25) is 4.79 Å². The van der Waals surface area contributed by atoms with Gasteiger partial charge in [-0.2, -0.15) is 0 Å². The van der Waals surface area contributed by atoms with Gasteiger partial charge in [0.2, 0.25) is 0 Å². The molecule has 1 aliphatic carbocycles. The number of hydrogen-bond donors (Lipinski definition) is 0. The second kappa shape index (κ2) is 5.74. The second-order valence-electron chi connectivity index (χ2n) is 5.40. The molecule has 0 aromatic heterocycles. The maximum absolute atomic E-state index is 12.4. The number of aryl methyl sites for hydroxylation is 1. The Labute approximate surface area is 124 Å². The summed E-state index contributed by atoms with van der Waals surface area (Å²) in [6.07, 6.45) is 3.55. The van der Waals surface area contributed by atoms with E-state index in [-0.39, 0.29) is 10.8 Å². The number of halogens is 1. The average Bonchev–Trinajstić information content (AvgIpc) is 2.31. The van der Waals surface area contributed by atoms with Crippen molar-refractivity contribution in [2.75, 3.05) is 13.6 Å². The van der Waals surface area contributed by atoms with E-state index in [9.17, 15) is 13.2 Å². The third kappa shape index (κ3) is 3.33. The molecule has 0 unspecified atom stereocenters. The van der Waals surface area contributed by atoms with Gasteiger partial charge in [-0.05, 0) is 43.4 Å². The molecule has 0 atom stereocenters. The number of nitrogens with zero attached hydrogens (tertiary/aromatic N) is 1. The number of carbonyl (C=O) groups is 1. The van der Waals surface area contributed by atoms with Crippen LogP contribution in [0.25, 0.3) is 0 Å². The number of benzene rings is 1. The molecular weight excluding hydrogens is 298 g/mol. The van der Waals surface area contributed by atoms with Gasteiger partial charge in [0.25, 0.3) is 15.0 Å². The predicted molar refractivity (Wildman–Crippen MR) is 78.5 cm³/mol. The van der Waals surface area contributed by atoms with Gasteiger partial charge in [0, 0.05) is 29.8 Å². The van der Waals surface area contributed by atoms with Crippen LogP contribution in [-0.4, -0.2) is 32.8 Å². The second-order valence-corrected chi connectivity index (χ2v) is 7.96. The highest BCUT2D eigenvalue weighted by molar-refractivity contribution is 8.13. The van der Waals surface area contributed by atoms with Crippen LogP contribution in [0.4, 0.5) is 0 Å². The van der Waals surface area contributed by atoms with Crippen molar-refractivity contribution in [1.82, 2.24) is 4.90 Å². The van der Waals surface area contributed by atoms with Gasteiger partial charge in [0.15, 0.2) is 0 Å². The van der Waals surface area contributed by atoms with Crippen molar-refractivity contribution >= 4 is 25.6 Å². The van der Waals surface area contributed by atoms with Gasteiger partial charge >= 0.3 is 0 Å². The predicted octanol–water partition coefficient (Wildman–Crippen LogP) is 2.79. The molecule has 0 aliphatic heterocycles. The lowest BCUT2D eigenvalue weighted by Gasteiger charge is -2.30. The zero-order valence-corrected chi connectivity index (χ0v) is 13.2. The molecule has 20 heavy (non-hydrogen) atoms. The van der Waals surface area contributed by atoms with Crippen LogP contribution in [0.1, 0.15) is 35.2 Å². The van der Waals surface area contributed by atoms with E-state index < -0.39 is 9.05 Å². The first-order valence-corrected chi connectivity index (χ1v) is 8.91. The fourth-order valence-electron chi connectivity index (χ4n) is 2.33. The van der Waals surface area contributed by atoms with Crippen LogP contribution < -0.4 is 0 Å². The third-order valence-electron chi connectivity index (χ3n) is 3.82. The van der Waals surface area contributed by atoms with Crippen LogP contribution in [0, 0.1) is 12.8 Å². The van der Waals surface area contributed by atoms with Crippen molar-refractivity contribution in [2.45, 2.75) is 31.1 Å². The van der Waals surface area contributed by atoms with Crippen molar-refractivity contribution in [3.63, 3.8) is 0 Å². The third-order valence-corrected chi connectivity index (χ3v) is 5.18. The summed E-state index contributed by atoms with van der Waals surface area (Å²) in [6.45, 7) is 2.51. The Hall–Kier alpha value is -1.07. The molecule has 0 N–H and O–H groups in total. The van der Waals surface area contributed by atoms with E-state index in [4.69, 9.17) is 10.7 Å². The van der Waals surface area contributed by atoms with Crippen LogP contribution in [0.15, 0.2) is 23.1 Å². The van der Waals surface area contributed by atoms with Gasteiger partial charge in [0.1, 0.15) is 0 Å². The summed E-state index contributed by atoms with van der Waals surface area (Å²) in [5.41, 5.74) is 1.15. The molecule has 0 bridgehead atoms. The average molecular weight is 316 g/mol. The lowest BCUT2D eigenvalue weighted by Crippen LogP contribution is -2.34.